The van der Waals surface area contributed by atoms with Crippen LogP contribution in [0.5, 0.6) is 23.0 Å². The number of halogens is 1. The molecular formula is C32H33ClN4O8. The summed E-state index contributed by atoms with van der Waals surface area (Å²) in [6.07, 6.45) is 1.44. The van der Waals surface area contributed by atoms with Crippen molar-refractivity contribution in [2.75, 3.05) is 27.4 Å². The minimum absolute atomic E-state index is 0.178. The zero-order valence-electron chi connectivity index (χ0n) is 25.1. The fraction of sp³-hybridized carbons (Fsp3) is 0.250. The number of urea groups is 1. The molecule has 0 saturated carbocycles. The highest BCUT2D eigenvalue weighted by Crippen LogP contribution is 2.35. The van der Waals surface area contributed by atoms with Gasteiger partial charge < -0.3 is 34.3 Å². The van der Waals surface area contributed by atoms with Crippen LogP contribution in [0, 0.1) is 0 Å². The van der Waals surface area contributed by atoms with Crippen LogP contribution in [0.2, 0.25) is 5.02 Å². The average molecular weight is 637 g/mol. The zero-order chi connectivity index (χ0) is 32.3. The maximum atomic E-state index is 12.6. The molecule has 0 aliphatic carbocycles. The largest absolute Gasteiger partial charge is 0.493 e. The monoisotopic (exact) mass is 636 g/mol. The Morgan fingerprint density at radius 2 is 1.76 bits per heavy atom. The van der Waals surface area contributed by atoms with E-state index in [-0.39, 0.29) is 36.9 Å². The van der Waals surface area contributed by atoms with Crippen LogP contribution in [0.4, 0.5) is 4.79 Å². The van der Waals surface area contributed by atoms with Crippen LogP contribution in [0.25, 0.3) is 0 Å². The van der Waals surface area contributed by atoms with Gasteiger partial charge in [0.1, 0.15) is 6.61 Å². The lowest BCUT2D eigenvalue weighted by Crippen LogP contribution is -2.45. The van der Waals surface area contributed by atoms with E-state index in [1.807, 2.05) is 12.1 Å². The van der Waals surface area contributed by atoms with Gasteiger partial charge in [-0.15, -0.1) is 0 Å². The van der Waals surface area contributed by atoms with Crippen molar-refractivity contribution in [1.29, 1.82) is 0 Å². The van der Waals surface area contributed by atoms with Gasteiger partial charge in [0, 0.05) is 16.3 Å². The quantitative estimate of drug-likeness (QED) is 0.140. The van der Waals surface area contributed by atoms with Crippen molar-refractivity contribution in [2.45, 2.75) is 26.5 Å². The van der Waals surface area contributed by atoms with E-state index < -0.39 is 23.9 Å². The van der Waals surface area contributed by atoms with Gasteiger partial charge in [0.15, 0.2) is 29.6 Å². The highest BCUT2D eigenvalue weighted by molar-refractivity contribution is 6.30. The lowest BCUT2D eigenvalue weighted by Gasteiger charge is -2.28. The summed E-state index contributed by atoms with van der Waals surface area (Å²) in [5.41, 5.74) is 5.12. The predicted molar refractivity (Wildman–Crippen MR) is 167 cm³/mol. The second kappa shape index (κ2) is 15.5. The lowest BCUT2D eigenvalue weighted by molar-refractivity contribution is -0.139. The molecular weight excluding hydrogens is 604 g/mol. The van der Waals surface area contributed by atoms with Gasteiger partial charge in [-0.3, -0.25) is 4.79 Å². The third-order valence-corrected chi connectivity index (χ3v) is 6.81. The number of para-hydroxylation sites is 1. The highest BCUT2D eigenvalue weighted by Gasteiger charge is 2.32. The molecule has 0 saturated heterocycles. The minimum atomic E-state index is -0.782. The third kappa shape index (κ3) is 8.45. The van der Waals surface area contributed by atoms with Gasteiger partial charge in [-0.25, -0.2) is 15.0 Å². The smallest absolute Gasteiger partial charge is 0.338 e. The van der Waals surface area contributed by atoms with Crippen molar-refractivity contribution in [3.05, 3.63) is 93.6 Å². The van der Waals surface area contributed by atoms with Crippen LogP contribution >= 0.6 is 11.6 Å². The van der Waals surface area contributed by atoms with Crippen LogP contribution in [0.15, 0.2) is 77.0 Å². The first-order chi connectivity index (χ1) is 21.7. The van der Waals surface area contributed by atoms with E-state index in [9.17, 15) is 14.4 Å². The fourth-order valence-electron chi connectivity index (χ4n) is 4.44. The summed E-state index contributed by atoms with van der Waals surface area (Å²) in [7, 11) is 2.97. The molecule has 0 bridgehead atoms. The van der Waals surface area contributed by atoms with Crippen LogP contribution in [-0.4, -0.2) is 51.6 Å². The van der Waals surface area contributed by atoms with Crippen molar-refractivity contribution in [3.8, 4) is 23.0 Å². The molecule has 0 fully saturated rings. The molecule has 0 radical (unpaired) electrons. The van der Waals surface area contributed by atoms with Gasteiger partial charge in [0.2, 0.25) is 0 Å². The number of hydrazone groups is 1. The van der Waals surface area contributed by atoms with Crippen molar-refractivity contribution in [2.24, 2.45) is 5.10 Å². The molecule has 4 rings (SSSR count). The molecule has 12 nitrogen and oxygen atoms in total. The Bertz CT molecular complexity index is 1610. The van der Waals surface area contributed by atoms with E-state index in [1.165, 1.54) is 20.4 Å². The molecule has 1 heterocycles. The van der Waals surface area contributed by atoms with E-state index in [2.05, 4.69) is 21.2 Å². The minimum Gasteiger partial charge on any atom is -0.493 e. The highest BCUT2D eigenvalue weighted by atomic mass is 35.5. The average Bonchev–Trinajstić information content (AvgIpc) is 3.03. The summed E-state index contributed by atoms with van der Waals surface area (Å²) in [5.74, 6) is 0.425. The molecule has 0 unspecified atom stereocenters. The topological polar surface area (TPSA) is 146 Å². The number of carbonyl (C=O) groups is 3. The number of ether oxygens (including phenoxy) is 5. The second-order valence-corrected chi connectivity index (χ2v) is 10.0. The Labute approximate surface area is 265 Å². The first kappa shape index (κ1) is 32.7. The standard InChI is InChI=1S/C32H33ClN4O8/c1-5-43-31(39)28-19(2)35-32(40)36-29(28)21-11-14-24(26(15-21)42-4)44-18-27(38)37-34-16-22-7-6-8-25(41-3)30(22)45-17-20-9-12-23(33)13-10-20/h6-16,29H,5,17-18H2,1-4H3,(H,37,38)(H2,35,36,40)/b34-16+/t29-/m1/s1. The third-order valence-electron chi connectivity index (χ3n) is 6.56. The number of hydrogen-bond donors (Lipinski definition) is 3. The number of nitrogens with one attached hydrogen (secondary N) is 3. The molecule has 3 amide bonds. The van der Waals surface area contributed by atoms with Crippen LogP contribution in [-0.2, 0) is 20.9 Å². The maximum absolute atomic E-state index is 12.6. The number of methoxy groups -OCH3 is 2. The molecule has 1 aliphatic heterocycles. The molecule has 3 aromatic rings. The lowest BCUT2D eigenvalue weighted by atomic mass is 9.95. The number of allylic oxidation sites excluding steroid dienone is 1. The summed E-state index contributed by atoms with van der Waals surface area (Å²) < 4.78 is 27.8. The number of hydrogen-bond acceptors (Lipinski definition) is 9. The number of esters is 1. The Hall–Kier alpha value is -5.23. The Morgan fingerprint density at radius 1 is 1.00 bits per heavy atom. The SMILES string of the molecule is CCOC(=O)C1=C(C)NC(=O)N[C@@H]1c1ccc(OCC(=O)N/N=C/c2cccc(OC)c2OCc2ccc(Cl)cc2)c(OC)c1. The summed E-state index contributed by atoms with van der Waals surface area (Å²) in [6, 6.07) is 16.2. The van der Waals surface area contributed by atoms with Gasteiger partial charge in [-0.1, -0.05) is 35.9 Å². The number of rotatable bonds is 13. The van der Waals surface area contributed by atoms with Crippen LogP contribution in [0.3, 0.4) is 0 Å². The molecule has 3 aromatic carbocycles. The molecule has 13 heteroatoms. The van der Waals surface area contributed by atoms with Gasteiger partial charge in [-0.05, 0) is 61.4 Å². The molecule has 3 N–H and O–H groups in total. The first-order valence-electron chi connectivity index (χ1n) is 13.9. The molecule has 1 aliphatic rings. The zero-order valence-corrected chi connectivity index (χ0v) is 25.9. The normalized spacial score (nSPS) is 14.3. The van der Waals surface area contributed by atoms with Crippen molar-refractivity contribution >= 4 is 35.7 Å². The number of amides is 3. The Kier molecular flexibility index (Phi) is 11.2. The van der Waals surface area contributed by atoms with Crippen molar-refractivity contribution in [1.82, 2.24) is 16.1 Å². The number of nitrogens with zero attached hydrogens (tertiary/aromatic N) is 1. The maximum Gasteiger partial charge on any atom is 0.338 e. The van der Waals surface area contributed by atoms with Gasteiger partial charge in [-0.2, -0.15) is 5.10 Å². The van der Waals surface area contributed by atoms with Gasteiger partial charge in [0.25, 0.3) is 5.91 Å². The van der Waals surface area contributed by atoms with E-state index in [0.29, 0.717) is 33.3 Å². The second-order valence-electron chi connectivity index (χ2n) is 9.58. The molecule has 45 heavy (non-hydrogen) atoms. The summed E-state index contributed by atoms with van der Waals surface area (Å²) in [4.78, 5) is 37.3. The predicted octanol–water partition coefficient (Wildman–Crippen LogP) is 4.66. The van der Waals surface area contributed by atoms with Crippen molar-refractivity contribution < 1.29 is 38.1 Å². The summed E-state index contributed by atoms with van der Waals surface area (Å²) in [5, 5.41) is 10.00. The van der Waals surface area contributed by atoms with E-state index >= 15 is 0 Å². The number of benzene rings is 3. The van der Waals surface area contributed by atoms with E-state index in [0.717, 1.165) is 5.56 Å². The Morgan fingerprint density at radius 3 is 2.47 bits per heavy atom. The molecule has 1 atom stereocenters. The van der Waals surface area contributed by atoms with Gasteiger partial charge in [0.05, 0.1) is 38.7 Å². The molecule has 0 aromatic heterocycles. The summed E-state index contributed by atoms with van der Waals surface area (Å²) in [6.45, 7) is 3.39. The summed E-state index contributed by atoms with van der Waals surface area (Å²) >= 11 is 5.97. The van der Waals surface area contributed by atoms with Crippen molar-refractivity contribution in [3.63, 3.8) is 0 Å². The molecule has 236 valence electrons. The van der Waals surface area contributed by atoms with E-state index in [1.54, 1.807) is 62.4 Å². The number of carbonyl (C=O) groups excluding carboxylic acids is 3. The first-order valence-corrected chi connectivity index (χ1v) is 14.2. The van der Waals surface area contributed by atoms with Gasteiger partial charge >= 0.3 is 12.0 Å². The fourth-order valence-corrected chi connectivity index (χ4v) is 4.57. The van der Waals surface area contributed by atoms with Crippen LogP contribution in [0.1, 0.15) is 36.6 Å². The molecule has 0 spiro atoms. The Balaban J connectivity index is 1.40. The van der Waals surface area contributed by atoms with E-state index in [4.69, 9.17) is 35.3 Å². The van der Waals surface area contributed by atoms with Crippen LogP contribution < -0.4 is 35.0 Å².